The first kappa shape index (κ1) is 28.2. The average molecular weight is 465 g/mol. The molecule has 1 fully saturated rings. The minimum Gasteiger partial charge on any atom is -0.377 e. The molecule has 0 N–H and O–H groups in total. The van der Waals surface area contributed by atoms with Crippen molar-refractivity contribution in [2.75, 3.05) is 39.6 Å². The number of hydrogen-bond acceptors (Lipinski definition) is 6. The molecular weight excluding hydrogens is 416 g/mol. The molecule has 180 valence electrons. The number of hydrogen-bond donors (Lipinski definition) is 0. The first-order valence-electron chi connectivity index (χ1n) is 12.2. The molecule has 1 aliphatic carbocycles. The van der Waals surface area contributed by atoms with E-state index in [1.54, 1.807) is 0 Å². The Morgan fingerprint density at radius 3 is 1.03 bits per heavy atom. The van der Waals surface area contributed by atoms with Crippen molar-refractivity contribution >= 4 is 20.5 Å². The molecule has 0 bridgehead atoms. The van der Waals surface area contributed by atoms with E-state index >= 15 is 0 Å². The van der Waals surface area contributed by atoms with Gasteiger partial charge < -0.3 is 28.4 Å². The van der Waals surface area contributed by atoms with Crippen LogP contribution in [-0.4, -0.2) is 83.2 Å². The Balaban J connectivity index is 3.09. The topological polar surface area (TPSA) is 55.4 Å². The van der Waals surface area contributed by atoms with E-state index in [2.05, 4.69) is 0 Å². The van der Waals surface area contributed by atoms with E-state index in [1.165, 1.54) is 0 Å². The van der Waals surface area contributed by atoms with Gasteiger partial charge in [0.1, 0.15) is 0 Å². The Bertz CT molecular complexity index is 393. The molecule has 8 heteroatoms. The standard InChI is InChI=1S/C22H48O6Si2/c1-7-23-19(29)21(25-9-3,26-10-4)17-13-15-18(16-14-17)22(27-11-5,28-12-6)20(30)24-8-2/h17-20H,7-16H2,1-6,29-30H3. The van der Waals surface area contributed by atoms with Crippen LogP contribution < -0.4 is 0 Å². The van der Waals surface area contributed by atoms with Crippen molar-refractivity contribution in [2.24, 2.45) is 11.8 Å². The van der Waals surface area contributed by atoms with Crippen molar-refractivity contribution in [3.63, 3.8) is 0 Å². The maximum absolute atomic E-state index is 6.33. The lowest BCUT2D eigenvalue weighted by atomic mass is 9.74. The molecule has 0 aromatic carbocycles. The SMILES string of the molecule is CCOC([SiH3])C(OCC)(OCC)C1CCC(C(OCC)(OCC)C([SiH3])OCC)CC1. The van der Waals surface area contributed by atoms with Gasteiger partial charge in [-0.1, -0.05) is 0 Å². The highest BCUT2D eigenvalue weighted by molar-refractivity contribution is 6.12. The third kappa shape index (κ3) is 6.60. The lowest BCUT2D eigenvalue weighted by Crippen LogP contribution is -2.59. The van der Waals surface area contributed by atoms with Crippen LogP contribution in [-0.2, 0) is 28.4 Å². The second kappa shape index (κ2) is 14.4. The summed E-state index contributed by atoms with van der Waals surface area (Å²) < 4.78 is 37.4. The molecule has 1 rings (SSSR count). The van der Waals surface area contributed by atoms with Gasteiger partial charge in [0.05, 0.1) is 11.5 Å². The van der Waals surface area contributed by atoms with Crippen LogP contribution in [0.15, 0.2) is 0 Å². The summed E-state index contributed by atoms with van der Waals surface area (Å²) in [5.41, 5.74) is 0.0319. The summed E-state index contributed by atoms with van der Waals surface area (Å²) in [5.74, 6) is -0.667. The molecule has 0 saturated heterocycles. The van der Waals surface area contributed by atoms with E-state index < -0.39 is 11.6 Å². The van der Waals surface area contributed by atoms with Gasteiger partial charge in [0.25, 0.3) is 0 Å². The summed E-state index contributed by atoms with van der Waals surface area (Å²) in [6.45, 7) is 16.1. The third-order valence-electron chi connectivity index (χ3n) is 6.31. The normalized spacial score (nSPS) is 23.0. The molecule has 1 saturated carbocycles. The maximum Gasteiger partial charge on any atom is 0.193 e. The predicted molar refractivity (Wildman–Crippen MR) is 128 cm³/mol. The molecule has 2 atom stereocenters. The summed E-state index contributed by atoms with van der Waals surface area (Å²) in [4.78, 5) is 0. The van der Waals surface area contributed by atoms with E-state index in [0.717, 1.165) is 46.2 Å². The molecule has 0 amide bonds. The molecule has 30 heavy (non-hydrogen) atoms. The van der Waals surface area contributed by atoms with Gasteiger partial charge in [0.15, 0.2) is 11.6 Å². The van der Waals surface area contributed by atoms with Crippen molar-refractivity contribution in [1.29, 1.82) is 0 Å². The predicted octanol–water partition coefficient (Wildman–Crippen LogP) is 1.79. The molecule has 6 nitrogen and oxygen atoms in total. The van der Waals surface area contributed by atoms with Gasteiger partial charge in [-0.25, -0.2) is 0 Å². The fourth-order valence-corrected chi connectivity index (χ4v) is 7.50. The van der Waals surface area contributed by atoms with Crippen LogP contribution in [0.5, 0.6) is 0 Å². The molecule has 0 spiro atoms. The Kier molecular flexibility index (Phi) is 13.5. The highest BCUT2D eigenvalue weighted by Gasteiger charge is 2.52. The lowest BCUT2D eigenvalue weighted by molar-refractivity contribution is -0.319. The monoisotopic (exact) mass is 464 g/mol. The van der Waals surface area contributed by atoms with E-state index in [1.807, 2.05) is 41.5 Å². The van der Waals surface area contributed by atoms with Gasteiger partial charge in [0, 0.05) is 72.0 Å². The largest absolute Gasteiger partial charge is 0.377 e. The molecule has 0 aromatic rings. The van der Waals surface area contributed by atoms with Gasteiger partial charge in [-0.2, -0.15) is 0 Å². The third-order valence-corrected chi connectivity index (χ3v) is 8.59. The van der Waals surface area contributed by atoms with Crippen molar-refractivity contribution in [3.05, 3.63) is 0 Å². The summed E-state index contributed by atoms with van der Waals surface area (Å²) in [6.07, 6.45) is 4.05. The zero-order valence-electron chi connectivity index (χ0n) is 20.8. The second-order valence-electron chi connectivity index (χ2n) is 7.92. The quantitative estimate of drug-likeness (QED) is 0.256. The lowest BCUT2D eigenvalue weighted by Gasteiger charge is -2.50. The highest BCUT2D eigenvalue weighted by Crippen LogP contribution is 2.45. The Morgan fingerprint density at radius 2 is 0.833 bits per heavy atom. The van der Waals surface area contributed by atoms with Crippen LogP contribution in [0.4, 0.5) is 0 Å². The van der Waals surface area contributed by atoms with Crippen LogP contribution in [0.25, 0.3) is 0 Å². The summed E-state index contributed by atoms with van der Waals surface area (Å²) in [7, 11) is 1.74. The van der Waals surface area contributed by atoms with Crippen molar-refractivity contribution < 1.29 is 28.4 Å². The zero-order valence-corrected chi connectivity index (χ0v) is 24.8. The Hall–Kier alpha value is 0.194. The van der Waals surface area contributed by atoms with Gasteiger partial charge in [-0.15, -0.1) is 0 Å². The molecule has 0 heterocycles. The van der Waals surface area contributed by atoms with Crippen LogP contribution in [0.3, 0.4) is 0 Å². The summed E-state index contributed by atoms with van der Waals surface area (Å²) in [6, 6.07) is 0. The molecule has 2 unspecified atom stereocenters. The van der Waals surface area contributed by atoms with E-state index in [0.29, 0.717) is 51.5 Å². The fraction of sp³-hybridized carbons (Fsp3) is 1.00. The van der Waals surface area contributed by atoms with Crippen molar-refractivity contribution in [3.8, 4) is 0 Å². The van der Waals surface area contributed by atoms with Gasteiger partial charge in [-0.05, 0) is 67.2 Å². The molecule has 1 aliphatic rings. The van der Waals surface area contributed by atoms with Gasteiger partial charge in [-0.3, -0.25) is 0 Å². The minimum absolute atomic E-state index is 0.0160. The number of ether oxygens (including phenoxy) is 6. The first-order chi connectivity index (χ1) is 14.4. The molecule has 0 aromatic heterocycles. The molecule has 0 radical (unpaired) electrons. The average Bonchev–Trinajstić information content (AvgIpc) is 2.73. The van der Waals surface area contributed by atoms with E-state index in [4.69, 9.17) is 28.4 Å². The second-order valence-corrected chi connectivity index (χ2v) is 10.0. The minimum atomic E-state index is -0.642. The van der Waals surface area contributed by atoms with E-state index in [9.17, 15) is 0 Å². The van der Waals surface area contributed by atoms with Crippen molar-refractivity contribution in [1.82, 2.24) is 0 Å². The number of rotatable bonds is 16. The zero-order chi connectivity index (χ0) is 22.6. The van der Waals surface area contributed by atoms with Crippen LogP contribution in [0.2, 0.25) is 0 Å². The van der Waals surface area contributed by atoms with Crippen LogP contribution in [0, 0.1) is 11.8 Å². The van der Waals surface area contributed by atoms with E-state index in [-0.39, 0.29) is 11.5 Å². The Labute approximate surface area is 190 Å². The fourth-order valence-electron chi connectivity index (χ4n) is 5.22. The maximum atomic E-state index is 6.33. The summed E-state index contributed by atoms with van der Waals surface area (Å²) >= 11 is 0. The highest BCUT2D eigenvalue weighted by atomic mass is 28.1. The van der Waals surface area contributed by atoms with Gasteiger partial charge >= 0.3 is 0 Å². The molecule has 0 aliphatic heterocycles. The van der Waals surface area contributed by atoms with Crippen molar-refractivity contribution in [2.45, 2.75) is 90.3 Å². The Morgan fingerprint density at radius 1 is 0.567 bits per heavy atom. The summed E-state index contributed by atoms with van der Waals surface area (Å²) in [5, 5.41) is 0. The van der Waals surface area contributed by atoms with Gasteiger partial charge in [0.2, 0.25) is 0 Å². The molecular formula is C22H48O6Si2. The van der Waals surface area contributed by atoms with Crippen LogP contribution in [0.1, 0.15) is 67.2 Å². The smallest absolute Gasteiger partial charge is 0.193 e. The first-order valence-corrected chi connectivity index (χ1v) is 14.5. The van der Waals surface area contributed by atoms with Crippen LogP contribution >= 0.6 is 0 Å².